The molecule has 0 fully saturated rings. The molecule has 1 unspecified atom stereocenters. The smallest absolute Gasteiger partial charge is 0.323 e. The predicted octanol–water partition coefficient (Wildman–Crippen LogP) is 1.77. The number of H-pyrrole nitrogens is 1. The first-order valence-corrected chi connectivity index (χ1v) is 12.8. The molecule has 2 aromatic heterocycles. The monoisotopic (exact) mass is 526 g/mol. The molecule has 1 aromatic carbocycles. The van der Waals surface area contributed by atoms with E-state index in [1.54, 1.807) is 17.6 Å². The van der Waals surface area contributed by atoms with Crippen molar-refractivity contribution in [1.29, 1.82) is 0 Å². The molecule has 2 heterocycles. The number of rotatable bonds is 13. The summed E-state index contributed by atoms with van der Waals surface area (Å²) in [6, 6.07) is 3.23. The zero-order chi connectivity index (χ0) is 26.3. The second-order valence-corrected chi connectivity index (χ2v) is 9.74. The lowest BCUT2D eigenvalue weighted by molar-refractivity contribution is -0.144. The number of nitrogen functional groups attached to an aromatic ring is 1. The van der Waals surface area contributed by atoms with Gasteiger partial charge in [0.05, 0.1) is 33.3 Å². The molecule has 0 saturated carbocycles. The summed E-state index contributed by atoms with van der Waals surface area (Å²) in [5.74, 6) is -1.21. The number of carbonyl (C=O) groups is 1. The Morgan fingerprint density at radius 3 is 2.86 bits per heavy atom. The van der Waals surface area contributed by atoms with Gasteiger partial charge in [0.25, 0.3) is 13.1 Å². The Balaban J connectivity index is 1.66. The van der Waals surface area contributed by atoms with Crippen molar-refractivity contribution in [3.63, 3.8) is 0 Å². The molecule has 0 spiro atoms. The summed E-state index contributed by atoms with van der Waals surface area (Å²) in [7, 11) is -2.42. The van der Waals surface area contributed by atoms with Crippen molar-refractivity contribution < 1.29 is 32.5 Å². The maximum atomic E-state index is 14.0. The predicted molar refractivity (Wildman–Crippen MR) is 128 cm³/mol. The van der Waals surface area contributed by atoms with Gasteiger partial charge in [-0.15, -0.1) is 0 Å². The maximum Gasteiger partial charge on any atom is 0.323 e. The van der Waals surface area contributed by atoms with E-state index in [1.165, 1.54) is 32.5 Å². The largest absolute Gasteiger partial charge is 0.494 e. The molecule has 0 radical (unpaired) electrons. The van der Waals surface area contributed by atoms with Crippen LogP contribution in [0.25, 0.3) is 11.2 Å². The Hall–Kier alpha value is -3.32. The van der Waals surface area contributed by atoms with Gasteiger partial charge in [-0.1, -0.05) is 6.07 Å². The summed E-state index contributed by atoms with van der Waals surface area (Å²) in [4.78, 5) is 34.4. The van der Waals surface area contributed by atoms with Crippen LogP contribution in [0.2, 0.25) is 0 Å². The van der Waals surface area contributed by atoms with Crippen molar-refractivity contribution in [1.82, 2.24) is 24.6 Å². The molecule has 3 aromatic rings. The van der Waals surface area contributed by atoms with Crippen LogP contribution in [0.5, 0.6) is 5.75 Å². The number of nitrogens with one attached hydrogen (secondary N) is 2. The van der Waals surface area contributed by atoms with Gasteiger partial charge in [0.15, 0.2) is 22.7 Å². The maximum absolute atomic E-state index is 14.0. The number of benzene rings is 1. The lowest BCUT2D eigenvalue weighted by atomic mass is 10.2. The van der Waals surface area contributed by atoms with Gasteiger partial charge < -0.3 is 29.0 Å². The summed E-state index contributed by atoms with van der Waals surface area (Å²) in [5.41, 5.74) is 5.92. The number of methoxy groups -OCH3 is 1. The molecule has 0 aliphatic heterocycles. The Kier molecular flexibility index (Phi) is 9.15. The number of fused-ring (bicyclic) bond motifs is 1. The van der Waals surface area contributed by atoms with Crippen LogP contribution in [0.3, 0.4) is 0 Å². The lowest BCUT2D eigenvalue weighted by Gasteiger charge is -2.23. The average molecular weight is 526 g/mol. The molecule has 15 heteroatoms. The third-order valence-corrected chi connectivity index (χ3v) is 6.77. The van der Waals surface area contributed by atoms with Gasteiger partial charge in [-0.05, 0) is 31.5 Å². The number of anilines is 1. The minimum atomic E-state index is -3.76. The number of nitrogens with zero attached hydrogens (tertiary/aromatic N) is 3. The summed E-state index contributed by atoms with van der Waals surface area (Å²) in [5, 5.41) is 2.65. The van der Waals surface area contributed by atoms with Gasteiger partial charge in [0.1, 0.15) is 12.4 Å². The molecule has 196 valence electrons. The molecular weight excluding hydrogens is 498 g/mol. The second-order valence-electron chi connectivity index (χ2n) is 7.62. The number of hydrogen-bond acceptors (Lipinski definition) is 10. The van der Waals surface area contributed by atoms with Crippen molar-refractivity contribution in [2.45, 2.75) is 33.0 Å². The number of nitrogens with two attached hydrogens (primary N) is 1. The van der Waals surface area contributed by atoms with E-state index in [4.69, 9.17) is 24.5 Å². The van der Waals surface area contributed by atoms with Crippen molar-refractivity contribution in [3.8, 4) is 5.75 Å². The molecule has 13 nitrogen and oxygen atoms in total. The van der Waals surface area contributed by atoms with Crippen molar-refractivity contribution in [3.05, 3.63) is 46.3 Å². The molecule has 4 N–H and O–H groups in total. The molecule has 0 aliphatic carbocycles. The number of esters is 1. The van der Waals surface area contributed by atoms with E-state index in [2.05, 4.69) is 20.0 Å². The number of halogens is 1. The van der Waals surface area contributed by atoms with Crippen LogP contribution in [-0.4, -0.2) is 58.2 Å². The van der Waals surface area contributed by atoms with E-state index >= 15 is 0 Å². The Labute approximate surface area is 205 Å². The molecular formula is C21H28FN6O7P. The van der Waals surface area contributed by atoms with Crippen LogP contribution in [0.15, 0.2) is 29.3 Å². The molecule has 3 rings (SSSR count). The van der Waals surface area contributed by atoms with Gasteiger partial charge in [0, 0.05) is 6.54 Å². The highest BCUT2D eigenvalue weighted by molar-refractivity contribution is 7.56. The van der Waals surface area contributed by atoms with Crippen LogP contribution < -0.4 is 21.1 Å². The van der Waals surface area contributed by atoms with Gasteiger partial charge in [-0.3, -0.25) is 19.1 Å². The summed E-state index contributed by atoms with van der Waals surface area (Å²) in [6.45, 7) is 3.31. The first kappa shape index (κ1) is 27.3. The highest BCUT2D eigenvalue weighted by atomic mass is 31.2. The summed E-state index contributed by atoms with van der Waals surface area (Å²) < 4.78 is 50.1. The lowest BCUT2D eigenvalue weighted by Crippen LogP contribution is -2.34. The fourth-order valence-corrected chi connectivity index (χ4v) is 4.83. The summed E-state index contributed by atoms with van der Waals surface area (Å²) in [6.07, 6.45) is 1.00. The number of aromatic amines is 1. The topological polar surface area (TPSA) is 173 Å². The highest BCUT2D eigenvalue weighted by Crippen LogP contribution is 2.44. The van der Waals surface area contributed by atoms with Crippen LogP contribution in [0, 0.1) is 5.82 Å². The molecule has 0 aliphatic rings. The Morgan fingerprint density at radius 2 is 2.17 bits per heavy atom. The van der Waals surface area contributed by atoms with Crippen LogP contribution in [0.4, 0.5) is 10.3 Å². The van der Waals surface area contributed by atoms with Gasteiger partial charge >= 0.3 is 5.97 Å². The minimum Gasteiger partial charge on any atom is -0.494 e. The zero-order valence-electron chi connectivity index (χ0n) is 20.0. The van der Waals surface area contributed by atoms with Crippen molar-refractivity contribution in [2.75, 3.05) is 32.4 Å². The number of ether oxygens (including phenoxy) is 3. The number of imidazole rings is 1. The first-order chi connectivity index (χ1) is 17.2. The second kappa shape index (κ2) is 12.1. The van der Waals surface area contributed by atoms with Gasteiger partial charge in [-0.25, -0.2) is 14.5 Å². The van der Waals surface area contributed by atoms with E-state index in [0.717, 1.165) is 0 Å². The van der Waals surface area contributed by atoms with E-state index < -0.39 is 37.3 Å². The van der Waals surface area contributed by atoms with Crippen LogP contribution in [-0.2, 0) is 36.5 Å². The molecule has 0 saturated heterocycles. The van der Waals surface area contributed by atoms with Crippen LogP contribution >= 0.6 is 7.52 Å². The minimum absolute atomic E-state index is 0.0415. The average Bonchev–Trinajstić information content (AvgIpc) is 3.24. The van der Waals surface area contributed by atoms with Gasteiger partial charge in [-0.2, -0.15) is 4.98 Å². The van der Waals surface area contributed by atoms with E-state index in [9.17, 15) is 18.5 Å². The number of hydrogen-bond donors (Lipinski definition) is 3. The third kappa shape index (κ3) is 6.88. The number of carbonyl (C=O) groups excluding carboxylic acids is 1. The Morgan fingerprint density at radius 1 is 1.39 bits per heavy atom. The van der Waals surface area contributed by atoms with E-state index in [1.807, 2.05) is 0 Å². The van der Waals surface area contributed by atoms with Crippen LogP contribution in [0.1, 0.15) is 19.4 Å². The molecule has 36 heavy (non-hydrogen) atoms. The molecule has 0 amide bonds. The SMILES string of the molecule is CCOC(=O)[C@@H](C)NP(=O)(COCCn1cnc2c(=O)[nH]c(N)nc21)OCc1ccc(OC)c(F)c1. The fourth-order valence-electron chi connectivity index (χ4n) is 3.19. The normalized spacial score (nSPS) is 13.9. The highest BCUT2D eigenvalue weighted by Gasteiger charge is 2.29. The third-order valence-electron chi connectivity index (χ3n) is 4.92. The summed E-state index contributed by atoms with van der Waals surface area (Å²) >= 11 is 0. The quantitative estimate of drug-likeness (QED) is 0.168. The van der Waals surface area contributed by atoms with Crippen molar-refractivity contribution >= 4 is 30.6 Å². The fraction of sp³-hybridized carbons (Fsp3) is 0.429. The molecule has 0 bridgehead atoms. The van der Waals surface area contributed by atoms with E-state index in [-0.39, 0.29) is 49.2 Å². The van der Waals surface area contributed by atoms with E-state index in [0.29, 0.717) is 5.56 Å². The van der Waals surface area contributed by atoms with Crippen molar-refractivity contribution in [2.24, 2.45) is 0 Å². The zero-order valence-corrected chi connectivity index (χ0v) is 20.9. The number of aromatic nitrogens is 4. The van der Waals surface area contributed by atoms with Gasteiger partial charge in [0.2, 0.25) is 5.95 Å². The molecule has 2 atom stereocenters. The Bertz CT molecular complexity index is 1310. The standard InChI is InChI=1S/C21H28FN6O7P/c1-4-34-20(30)13(2)27-36(31,35-10-14-5-6-16(32-3)15(22)9-14)12-33-8-7-28-11-24-17-18(28)25-21(23)26-19(17)29/h5-6,9,11,13H,4,7-8,10,12H2,1-3H3,(H,27,31)(H3,23,25,26,29)/t13-,36?/m1/s1. The first-order valence-electron chi connectivity index (χ1n) is 10.9.